The van der Waals surface area contributed by atoms with Crippen LogP contribution in [-0.4, -0.2) is 166 Å². The van der Waals surface area contributed by atoms with Crippen molar-refractivity contribution in [2.45, 2.75) is 87.8 Å². The molecule has 0 bridgehead atoms. The molecule has 110 heavy (non-hydrogen) atoms. The molecule has 3 aromatic heterocycles. The number of carboxylic acids is 1. The minimum absolute atomic E-state index is 0. The van der Waals surface area contributed by atoms with Crippen LogP contribution in [0.2, 0.25) is 0 Å². The molecule has 29 heteroatoms. The second kappa shape index (κ2) is 30.8. The number of methoxy groups -OCH3 is 3. The molecule has 574 valence electrons. The standard InChI is InChI=1S/2C27H25BrN2O6.C24H20BrNO6.C3H7NO.ClH/c2*1-34-19-11-29-12-20-23(19)26(33)24(31)21(25(32)30-18-13-35-14-18)22(15-5-3-2-4-6-15)27(26,36-20)16-7-9-17(28)10-8-16;1-31-16-11-26-12-17-20(16)23(30)21(27)18(22(28)29)19(13-5-3-2-4-6-13)24(23,32-17)14-7-9-15(25)10-8-14;4-3-1-5-2-3;/h2*2-12,18,21-22,24,31,33H,13-14H2,1H3,(H,30,32);2-12,18-19,21,27,30H,1H3,(H,28,29);3H,1-2,4H2;1H/t2*21-,22-,24-,26+,27+;18-,19-,21-,23+,24+;;/m111../s1. The van der Waals surface area contributed by atoms with E-state index >= 15 is 0 Å². The Morgan fingerprint density at radius 2 is 0.691 bits per heavy atom. The second-order valence-corrected chi connectivity index (χ2v) is 30.9. The number of nitrogens with zero attached hydrogens (tertiary/aromatic N) is 3. The lowest BCUT2D eigenvalue weighted by atomic mass is 9.70. The van der Waals surface area contributed by atoms with E-state index < -0.39 is 93.4 Å². The number of carbonyl (C=O) groups excluding carboxylic acids is 2. The SMILES string of the molecule is COc1cncc2c1[C@]1(O)[C@H](O)[C@H](C(=O)NC3COC3)[C@@H](c3ccccc3)[C@]1(c1ccc(Br)cc1)O2.COc1cncc2c1[C@]1(O)[C@H](O)[C@H](C(=O)NC3COC3)[C@@H](c3ccccc3)[C@]1(c1ccc(Br)cc1)O2.COc1cncc2c1[C@]1(O)[C@H](O)[C@H](C(=O)O)[C@@H](c3ccccc3)[C@]1(c1ccc(Br)cc1)O2.Cl.NC1COC1. The molecule has 0 radical (unpaired) electrons. The summed E-state index contributed by atoms with van der Waals surface area (Å²) in [5.41, 5.74) is -1.04. The summed E-state index contributed by atoms with van der Waals surface area (Å²) in [6.45, 7) is 3.16. The number of carbonyl (C=O) groups is 3. The van der Waals surface area contributed by atoms with E-state index in [1.807, 2.05) is 115 Å². The first-order valence-corrected chi connectivity index (χ1v) is 37.6. The van der Waals surface area contributed by atoms with Crippen molar-refractivity contribution in [1.82, 2.24) is 25.6 Å². The summed E-state index contributed by atoms with van der Waals surface area (Å²) in [5, 5.41) is 89.3. The molecular weight excluding hydrogens is 1640 g/mol. The first-order chi connectivity index (χ1) is 52.6. The topological polar surface area (TPSA) is 365 Å². The predicted octanol–water partition coefficient (Wildman–Crippen LogP) is 8.19. The van der Waals surface area contributed by atoms with Crippen molar-refractivity contribution in [1.29, 1.82) is 0 Å². The van der Waals surface area contributed by atoms with Gasteiger partial charge in [0, 0.05) is 31.2 Å². The number of amides is 2. The number of halogens is 4. The van der Waals surface area contributed by atoms with Gasteiger partial charge in [-0.05, 0) is 69.8 Å². The number of aliphatic carboxylic acids is 1. The van der Waals surface area contributed by atoms with Gasteiger partial charge in [-0.2, -0.15) is 0 Å². The monoisotopic (exact) mass is 1710 g/mol. The van der Waals surface area contributed by atoms with E-state index in [-0.39, 0.29) is 76.0 Å². The van der Waals surface area contributed by atoms with Gasteiger partial charge in [0.1, 0.15) is 52.8 Å². The van der Waals surface area contributed by atoms with E-state index in [0.717, 1.165) is 37.8 Å². The molecule has 3 saturated carbocycles. The molecule has 9 aliphatic rings. The lowest BCUT2D eigenvalue weighted by Gasteiger charge is -2.40. The Bertz CT molecular complexity index is 4660. The Morgan fingerprint density at radius 1 is 0.427 bits per heavy atom. The maximum atomic E-state index is 13.8. The van der Waals surface area contributed by atoms with Crippen LogP contribution in [0.1, 0.15) is 67.8 Å². The number of pyridine rings is 3. The number of aliphatic hydroxyl groups excluding tert-OH is 3. The third kappa shape index (κ3) is 12.1. The molecule has 0 unspecified atom stereocenters. The number of benzene rings is 6. The zero-order valence-corrected chi connectivity index (χ0v) is 64.8. The zero-order valence-electron chi connectivity index (χ0n) is 59.2. The summed E-state index contributed by atoms with van der Waals surface area (Å²) in [4.78, 5) is 52.6. The van der Waals surface area contributed by atoms with E-state index in [2.05, 4.69) is 73.4 Å². The van der Waals surface area contributed by atoms with Gasteiger partial charge < -0.3 is 94.7 Å². The highest BCUT2D eigenvalue weighted by Crippen LogP contribution is 2.73. The molecule has 3 saturated heterocycles. The van der Waals surface area contributed by atoms with Gasteiger partial charge in [0.2, 0.25) is 11.8 Å². The van der Waals surface area contributed by atoms with E-state index in [4.69, 9.17) is 48.4 Å². The van der Waals surface area contributed by atoms with Crippen molar-refractivity contribution >= 4 is 78.0 Å². The number of ether oxygens (including phenoxy) is 9. The van der Waals surface area contributed by atoms with Crippen LogP contribution in [-0.2, 0) is 62.2 Å². The summed E-state index contributed by atoms with van der Waals surface area (Å²) < 4.78 is 54.1. The molecule has 9 heterocycles. The Hall–Kier alpha value is -8.69. The summed E-state index contributed by atoms with van der Waals surface area (Å²) in [5.74, 6) is -6.24. The number of aromatic nitrogens is 3. The van der Waals surface area contributed by atoms with Gasteiger partial charge in [0.05, 0.1) is 151 Å². The Labute approximate surface area is 663 Å². The predicted molar refractivity (Wildman–Crippen MR) is 409 cm³/mol. The van der Waals surface area contributed by atoms with Gasteiger partial charge in [0.15, 0.2) is 33.6 Å². The number of hydrogen-bond acceptors (Lipinski definition) is 22. The molecular formula is C81H78Br3ClN6O19. The first-order valence-electron chi connectivity index (χ1n) is 35.2. The highest BCUT2D eigenvalue weighted by Gasteiger charge is 2.81. The normalized spacial score (nSPS) is 30.0. The molecule has 6 aromatic carbocycles. The van der Waals surface area contributed by atoms with Crippen LogP contribution in [0, 0.1) is 17.8 Å². The van der Waals surface area contributed by atoms with Crippen molar-refractivity contribution in [3.63, 3.8) is 0 Å². The average Bonchev–Trinajstić information content (AvgIpc) is 1.51. The molecule has 6 fully saturated rings. The van der Waals surface area contributed by atoms with Crippen molar-refractivity contribution in [3.8, 4) is 34.5 Å². The smallest absolute Gasteiger partial charge is 0.310 e. The number of rotatable bonds is 14. The highest BCUT2D eigenvalue weighted by atomic mass is 79.9. The molecule has 2 amide bonds. The molecule has 15 atom stereocenters. The van der Waals surface area contributed by atoms with Crippen molar-refractivity contribution in [2.75, 3.05) is 61.0 Å². The highest BCUT2D eigenvalue weighted by molar-refractivity contribution is 9.11. The number of nitrogens with one attached hydrogen (secondary N) is 2. The first kappa shape index (κ1) is 78.0. The Balaban J connectivity index is 0.000000133. The number of hydrogen-bond donors (Lipinski definition) is 10. The summed E-state index contributed by atoms with van der Waals surface area (Å²) in [6, 6.07) is 49.6. The molecule has 0 spiro atoms. The Morgan fingerprint density at radius 3 is 0.927 bits per heavy atom. The summed E-state index contributed by atoms with van der Waals surface area (Å²) in [7, 11) is 4.36. The van der Waals surface area contributed by atoms with Crippen LogP contribution in [0.3, 0.4) is 0 Å². The van der Waals surface area contributed by atoms with Crippen LogP contribution in [0.25, 0.3) is 0 Å². The maximum absolute atomic E-state index is 13.8. The molecule has 6 aliphatic heterocycles. The number of aliphatic hydroxyl groups is 6. The number of carboxylic acid groups (broad SMARTS) is 1. The molecule has 3 aliphatic carbocycles. The summed E-state index contributed by atoms with van der Waals surface area (Å²) in [6.07, 6.45) is 4.08. The third-order valence-corrected chi connectivity index (χ3v) is 24.0. The lowest BCUT2D eigenvalue weighted by Crippen LogP contribution is -2.53. The molecule has 9 aromatic rings. The van der Waals surface area contributed by atoms with Gasteiger partial charge in [-0.25, -0.2) is 0 Å². The third-order valence-electron chi connectivity index (χ3n) is 22.5. The van der Waals surface area contributed by atoms with Gasteiger partial charge >= 0.3 is 5.97 Å². The van der Waals surface area contributed by atoms with Crippen molar-refractivity contribution < 1.29 is 92.8 Å². The van der Waals surface area contributed by atoms with Crippen LogP contribution < -0.4 is 44.8 Å². The maximum Gasteiger partial charge on any atom is 0.310 e. The lowest BCUT2D eigenvalue weighted by molar-refractivity contribution is -0.159. The minimum Gasteiger partial charge on any atom is -0.495 e. The van der Waals surface area contributed by atoms with Gasteiger partial charge in [0.25, 0.3) is 0 Å². The summed E-state index contributed by atoms with van der Waals surface area (Å²) >= 11 is 10.4. The fourth-order valence-electron chi connectivity index (χ4n) is 17.6. The van der Waals surface area contributed by atoms with Crippen LogP contribution in [0.4, 0.5) is 0 Å². The molecule has 18 rings (SSSR count). The molecule has 25 nitrogen and oxygen atoms in total. The molecule has 11 N–H and O–H groups in total. The van der Waals surface area contributed by atoms with Crippen molar-refractivity contribution in [2.24, 2.45) is 23.5 Å². The van der Waals surface area contributed by atoms with Crippen LogP contribution >= 0.6 is 60.2 Å². The minimum atomic E-state index is -2.12. The van der Waals surface area contributed by atoms with E-state index in [1.165, 1.54) is 58.5 Å². The van der Waals surface area contributed by atoms with Gasteiger partial charge in [-0.1, -0.05) is 175 Å². The zero-order chi connectivity index (χ0) is 76.5. The van der Waals surface area contributed by atoms with Crippen molar-refractivity contribution in [3.05, 3.63) is 264 Å². The Kier molecular flexibility index (Phi) is 21.8. The van der Waals surface area contributed by atoms with E-state index in [0.29, 0.717) is 66.2 Å². The van der Waals surface area contributed by atoms with Crippen LogP contribution in [0.5, 0.6) is 34.5 Å². The van der Waals surface area contributed by atoms with Gasteiger partial charge in [-0.15, -0.1) is 12.4 Å². The second-order valence-electron chi connectivity index (χ2n) is 28.2. The van der Waals surface area contributed by atoms with E-state index in [1.54, 1.807) is 48.5 Å². The largest absolute Gasteiger partial charge is 0.495 e. The fraction of sp³-hybridized carbons (Fsp3) is 0.333. The average molecular weight is 1710 g/mol. The fourth-order valence-corrected chi connectivity index (χ4v) is 18.4. The number of fused-ring (bicyclic) bond motifs is 9. The van der Waals surface area contributed by atoms with E-state index in [9.17, 15) is 50.1 Å². The van der Waals surface area contributed by atoms with Gasteiger partial charge in [-0.3, -0.25) is 29.3 Å². The quantitative estimate of drug-likeness (QED) is 0.0490. The number of nitrogens with two attached hydrogens (primary N) is 1. The van der Waals surface area contributed by atoms with Crippen LogP contribution in [0.15, 0.2) is 214 Å².